The summed E-state index contributed by atoms with van der Waals surface area (Å²) in [5.41, 5.74) is 5.07. The van der Waals surface area contributed by atoms with Crippen molar-refractivity contribution in [2.24, 2.45) is 0 Å². The lowest BCUT2D eigenvalue weighted by atomic mass is 10.0. The van der Waals surface area contributed by atoms with Crippen molar-refractivity contribution in [2.45, 2.75) is 20.3 Å². The van der Waals surface area contributed by atoms with Crippen LogP contribution in [0.25, 0.3) is 17.1 Å². The smallest absolute Gasteiger partial charge is 0.310 e. The van der Waals surface area contributed by atoms with Crippen molar-refractivity contribution < 1.29 is 14.3 Å². The molecule has 0 fully saturated rings. The zero-order valence-corrected chi connectivity index (χ0v) is 17.3. The lowest BCUT2D eigenvalue weighted by Gasteiger charge is -2.07. The topological polar surface area (TPSA) is 89.9 Å². The van der Waals surface area contributed by atoms with Gasteiger partial charge < -0.3 is 4.74 Å². The van der Waals surface area contributed by atoms with Crippen LogP contribution >= 0.6 is 0 Å². The van der Waals surface area contributed by atoms with Crippen molar-refractivity contribution in [1.29, 1.82) is 0 Å². The Morgan fingerprint density at radius 1 is 1.00 bits per heavy atom. The molecule has 1 N–H and O–H groups in total. The number of nitrogens with zero attached hydrogens (tertiary/aromatic N) is 3. The minimum Gasteiger partial charge on any atom is -0.457 e. The predicted molar refractivity (Wildman–Crippen MR) is 116 cm³/mol. The fourth-order valence-corrected chi connectivity index (χ4v) is 3.56. The summed E-state index contributed by atoms with van der Waals surface area (Å²) in [5.74, 6) is -0.165. The maximum Gasteiger partial charge on any atom is 0.310 e. The van der Waals surface area contributed by atoms with Crippen molar-refractivity contribution in [3.05, 3.63) is 89.5 Å². The molecule has 156 valence electrons. The van der Waals surface area contributed by atoms with Crippen molar-refractivity contribution in [3.63, 3.8) is 0 Å². The Labute approximate surface area is 179 Å². The SMILES string of the molecule is Cc1cc(C(=O)COC(=O)Cc2ccc(-c3ccccc3)cc2)c(C)n1-c1ncn[nH]1. The van der Waals surface area contributed by atoms with Crippen LogP contribution < -0.4 is 0 Å². The predicted octanol–water partition coefficient (Wildman–Crippen LogP) is 3.85. The first-order valence-electron chi connectivity index (χ1n) is 9.91. The summed E-state index contributed by atoms with van der Waals surface area (Å²) in [6.07, 6.45) is 1.52. The molecule has 31 heavy (non-hydrogen) atoms. The molecule has 0 saturated heterocycles. The van der Waals surface area contributed by atoms with Gasteiger partial charge in [0.25, 0.3) is 0 Å². The van der Waals surface area contributed by atoms with Gasteiger partial charge in [-0.25, -0.2) is 5.10 Å². The van der Waals surface area contributed by atoms with Gasteiger partial charge in [0, 0.05) is 17.0 Å². The van der Waals surface area contributed by atoms with E-state index in [9.17, 15) is 9.59 Å². The number of benzene rings is 2. The second-order valence-corrected chi connectivity index (χ2v) is 7.25. The third-order valence-corrected chi connectivity index (χ3v) is 5.12. The van der Waals surface area contributed by atoms with E-state index in [2.05, 4.69) is 15.2 Å². The minimum atomic E-state index is -0.440. The van der Waals surface area contributed by atoms with Crippen LogP contribution in [0.2, 0.25) is 0 Å². The number of hydrogen-bond acceptors (Lipinski definition) is 5. The van der Waals surface area contributed by atoms with E-state index in [0.717, 1.165) is 22.4 Å². The fraction of sp³-hybridized carbons (Fsp3) is 0.167. The molecule has 0 spiro atoms. The molecule has 0 aliphatic heterocycles. The first-order valence-corrected chi connectivity index (χ1v) is 9.91. The molecule has 0 aliphatic rings. The number of aryl methyl sites for hydroxylation is 1. The number of aromatic amines is 1. The highest BCUT2D eigenvalue weighted by molar-refractivity contribution is 5.99. The van der Waals surface area contributed by atoms with E-state index < -0.39 is 5.97 Å². The monoisotopic (exact) mass is 414 g/mol. The number of carbonyl (C=O) groups excluding carboxylic acids is 2. The van der Waals surface area contributed by atoms with Crippen molar-refractivity contribution in [3.8, 4) is 17.1 Å². The number of ketones is 1. The van der Waals surface area contributed by atoms with Crippen LogP contribution in [-0.4, -0.2) is 38.1 Å². The van der Waals surface area contributed by atoms with Gasteiger partial charge in [-0.15, -0.1) is 0 Å². The standard InChI is InChI=1S/C24H22N4O3/c1-16-12-21(17(2)28(16)24-25-15-26-27-24)22(29)14-31-23(30)13-18-8-10-20(11-9-18)19-6-4-3-5-7-19/h3-12,15H,13-14H2,1-2H3,(H,25,26,27). The Morgan fingerprint density at radius 3 is 2.39 bits per heavy atom. The molecule has 7 nitrogen and oxygen atoms in total. The number of esters is 1. The van der Waals surface area contributed by atoms with Crippen molar-refractivity contribution >= 4 is 11.8 Å². The third-order valence-electron chi connectivity index (χ3n) is 5.12. The molecule has 0 bridgehead atoms. The lowest BCUT2D eigenvalue weighted by molar-refractivity contribution is -0.141. The zero-order chi connectivity index (χ0) is 21.8. The molecule has 2 aromatic heterocycles. The van der Waals surface area contributed by atoms with Crippen molar-refractivity contribution in [2.75, 3.05) is 6.61 Å². The molecule has 2 heterocycles. The average molecular weight is 414 g/mol. The Balaban J connectivity index is 1.36. The summed E-state index contributed by atoms with van der Waals surface area (Å²) < 4.78 is 7.04. The molecular weight excluding hydrogens is 392 g/mol. The lowest BCUT2D eigenvalue weighted by Crippen LogP contribution is -2.16. The van der Waals surface area contributed by atoms with Gasteiger partial charge in [0.05, 0.1) is 6.42 Å². The van der Waals surface area contributed by atoms with E-state index in [-0.39, 0.29) is 18.8 Å². The zero-order valence-electron chi connectivity index (χ0n) is 17.3. The van der Waals surface area contributed by atoms with E-state index in [4.69, 9.17) is 4.74 Å². The number of carbonyl (C=O) groups is 2. The van der Waals surface area contributed by atoms with Gasteiger partial charge >= 0.3 is 5.97 Å². The van der Waals surface area contributed by atoms with Crippen molar-refractivity contribution in [1.82, 2.24) is 19.7 Å². The van der Waals surface area contributed by atoms with E-state index in [1.807, 2.05) is 68.4 Å². The molecule has 2 aromatic carbocycles. The normalized spacial score (nSPS) is 10.8. The fourth-order valence-electron chi connectivity index (χ4n) is 3.56. The van der Waals surface area contributed by atoms with Gasteiger partial charge in [-0.05, 0) is 36.6 Å². The summed E-state index contributed by atoms with van der Waals surface area (Å²) >= 11 is 0. The van der Waals surface area contributed by atoms with Gasteiger partial charge in [0.2, 0.25) is 11.7 Å². The maximum absolute atomic E-state index is 12.6. The largest absolute Gasteiger partial charge is 0.457 e. The molecule has 0 aliphatic carbocycles. The highest BCUT2D eigenvalue weighted by atomic mass is 16.5. The van der Waals surface area contributed by atoms with E-state index in [1.165, 1.54) is 6.33 Å². The van der Waals surface area contributed by atoms with Crippen LogP contribution in [0.1, 0.15) is 27.3 Å². The summed E-state index contributed by atoms with van der Waals surface area (Å²) in [6.45, 7) is 3.39. The number of ether oxygens (including phenoxy) is 1. The molecule has 0 saturated carbocycles. The quantitative estimate of drug-likeness (QED) is 0.366. The summed E-state index contributed by atoms with van der Waals surface area (Å²) in [6, 6.07) is 19.5. The number of rotatable bonds is 7. The number of Topliss-reactive ketones (excluding diaryl/α,β-unsaturated/α-hetero) is 1. The summed E-state index contributed by atoms with van der Waals surface area (Å²) in [5, 5.41) is 6.63. The molecule has 4 aromatic rings. The Hall–Kier alpha value is -4.00. The molecule has 7 heteroatoms. The second kappa shape index (κ2) is 8.79. The highest BCUT2D eigenvalue weighted by Gasteiger charge is 2.19. The molecule has 4 rings (SSSR count). The molecule has 0 amide bonds. The van der Waals surface area contributed by atoms with Gasteiger partial charge in [0.1, 0.15) is 6.33 Å². The van der Waals surface area contributed by atoms with Gasteiger partial charge in [0.15, 0.2) is 6.61 Å². The van der Waals surface area contributed by atoms with Crippen LogP contribution in [0.3, 0.4) is 0 Å². The molecule has 0 radical (unpaired) electrons. The van der Waals surface area contributed by atoms with Crippen LogP contribution in [0.5, 0.6) is 0 Å². The van der Waals surface area contributed by atoms with E-state index in [0.29, 0.717) is 17.2 Å². The Bertz CT molecular complexity index is 1190. The Morgan fingerprint density at radius 2 is 1.71 bits per heavy atom. The van der Waals surface area contributed by atoms with E-state index in [1.54, 1.807) is 10.6 Å². The Kier molecular flexibility index (Phi) is 5.75. The second-order valence-electron chi connectivity index (χ2n) is 7.25. The first kappa shape index (κ1) is 20.3. The first-order chi connectivity index (χ1) is 15.0. The van der Waals surface area contributed by atoms with Gasteiger partial charge in [-0.2, -0.15) is 10.1 Å². The van der Waals surface area contributed by atoms with Crippen LogP contribution in [-0.2, 0) is 16.0 Å². The molecule has 0 unspecified atom stereocenters. The van der Waals surface area contributed by atoms with Crippen LogP contribution in [0, 0.1) is 13.8 Å². The summed E-state index contributed by atoms with van der Waals surface area (Å²) in [4.78, 5) is 29.0. The number of H-pyrrole nitrogens is 1. The number of aromatic nitrogens is 4. The van der Waals surface area contributed by atoms with Gasteiger partial charge in [-0.3, -0.25) is 14.2 Å². The molecular formula is C24H22N4O3. The number of nitrogens with one attached hydrogen (secondary N) is 1. The number of hydrogen-bond donors (Lipinski definition) is 1. The average Bonchev–Trinajstić information content (AvgIpc) is 3.40. The summed E-state index contributed by atoms with van der Waals surface area (Å²) in [7, 11) is 0. The van der Waals surface area contributed by atoms with E-state index >= 15 is 0 Å². The van der Waals surface area contributed by atoms with Crippen LogP contribution in [0.15, 0.2) is 67.0 Å². The van der Waals surface area contributed by atoms with Crippen LogP contribution in [0.4, 0.5) is 0 Å². The maximum atomic E-state index is 12.6. The highest BCUT2D eigenvalue weighted by Crippen LogP contribution is 2.20. The molecule has 0 atom stereocenters. The minimum absolute atomic E-state index is 0.111. The third kappa shape index (κ3) is 4.45. The van der Waals surface area contributed by atoms with Gasteiger partial charge in [-0.1, -0.05) is 54.6 Å².